The number of hydrogen-bond donors (Lipinski definition) is 3. The van der Waals surface area contributed by atoms with Crippen LogP contribution in [0.25, 0.3) is 0 Å². The third kappa shape index (κ3) is 11.4. The van der Waals surface area contributed by atoms with Gasteiger partial charge >= 0.3 is 0 Å². The van der Waals surface area contributed by atoms with Gasteiger partial charge in [0.1, 0.15) is 24.4 Å². The van der Waals surface area contributed by atoms with Gasteiger partial charge < -0.3 is 24.8 Å². The Kier molecular flexibility index (Phi) is 15.7. The molecule has 0 amide bonds. The van der Waals surface area contributed by atoms with Crippen molar-refractivity contribution in [2.24, 2.45) is 0 Å². The minimum absolute atomic E-state index is 0.173. The minimum atomic E-state index is -1.11. The molecule has 0 bridgehead atoms. The Morgan fingerprint density at radius 2 is 1.36 bits per heavy atom. The van der Waals surface area contributed by atoms with Gasteiger partial charge in [0.05, 0.1) is 19.5 Å². The Labute approximate surface area is 172 Å². The zero-order chi connectivity index (χ0) is 20.5. The van der Waals surface area contributed by atoms with Gasteiger partial charge in [0, 0.05) is 0 Å². The van der Waals surface area contributed by atoms with Crippen LogP contribution >= 0.6 is 0 Å². The zero-order valence-corrected chi connectivity index (χ0v) is 17.9. The third-order valence-corrected chi connectivity index (χ3v) is 5.59. The van der Waals surface area contributed by atoms with E-state index in [9.17, 15) is 10.2 Å². The summed E-state index contributed by atoms with van der Waals surface area (Å²) in [5.74, 6) is 0. The number of hydrogen-bond acceptors (Lipinski definition) is 5. The van der Waals surface area contributed by atoms with Gasteiger partial charge in [-0.3, -0.25) is 0 Å². The summed E-state index contributed by atoms with van der Waals surface area (Å²) in [6, 6.07) is 0. The lowest BCUT2D eigenvalue weighted by Crippen LogP contribution is -2.54. The van der Waals surface area contributed by atoms with Gasteiger partial charge in [-0.15, -0.1) is 0 Å². The molecule has 4 atom stereocenters. The maximum absolute atomic E-state index is 9.96. The van der Waals surface area contributed by atoms with Crippen molar-refractivity contribution >= 4 is 0 Å². The Morgan fingerprint density at radius 3 is 1.89 bits per heavy atom. The second-order valence-electron chi connectivity index (χ2n) is 8.11. The molecule has 1 heterocycles. The van der Waals surface area contributed by atoms with Crippen LogP contribution in [0.1, 0.15) is 96.8 Å². The number of unbranched alkanes of at least 4 members (excludes halogenated alkanes) is 13. The number of aliphatic hydroxyl groups excluding tert-OH is 3. The van der Waals surface area contributed by atoms with Crippen molar-refractivity contribution in [3.05, 3.63) is 12.3 Å². The van der Waals surface area contributed by atoms with Gasteiger partial charge in [0.25, 0.3) is 0 Å². The summed E-state index contributed by atoms with van der Waals surface area (Å²) in [6.45, 7) is 2.13. The fraction of sp³-hybridized carbons (Fsp3) is 0.913. The highest BCUT2D eigenvalue weighted by atomic mass is 16.6. The number of rotatable bonds is 17. The van der Waals surface area contributed by atoms with Gasteiger partial charge in [0.2, 0.25) is 0 Å². The molecule has 28 heavy (non-hydrogen) atoms. The van der Waals surface area contributed by atoms with Crippen molar-refractivity contribution in [1.29, 1.82) is 0 Å². The fourth-order valence-corrected chi connectivity index (χ4v) is 3.64. The molecule has 0 unspecified atom stereocenters. The van der Waals surface area contributed by atoms with Gasteiger partial charge in [-0.1, -0.05) is 84.0 Å². The van der Waals surface area contributed by atoms with Crippen LogP contribution in [0.2, 0.25) is 0 Å². The summed E-state index contributed by atoms with van der Waals surface area (Å²) in [6.07, 6.45) is 18.6. The quantitative estimate of drug-likeness (QED) is 0.248. The highest BCUT2D eigenvalue weighted by Gasteiger charge is 2.38. The molecule has 0 aromatic rings. The minimum Gasteiger partial charge on any atom is -0.493 e. The van der Waals surface area contributed by atoms with Crippen molar-refractivity contribution < 1.29 is 24.8 Å². The van der Waals surface area contributed by atoms with E-state index in [0.29, 0.717) is 0 Å². The largest absolute Gasteiger partial charge is 0.493 e. The normalized spacial score (nSPS) is 25.4. The van der Waals surface area contributed by atoms with Gasteiger partial charge in [-0.25, -0.2) is 0 Å². The van der Waals surface area contributed by atoms with Crippen molar-refractivity contribution in [2.75, 3.05) is 13.2 Å². The standard InChI is InChI=1S/C23H44O5/c1-2-3-4-5-6-7-8-9-10-11-12-13-14-15-16-17-27-21-19-28-20(18-24)22(25)23(21)26/h16-17,20-26H,2-15,18-19H2,1H3/b17-16+/t20-,21+,22-,23-/m1/s1. The Morgan fingerprint density at radius 1 is 0.821 bits per heavy atom. The van der Waals surface area contributed by atoms with E-state index in [-0.39, 0.29) is 13.2 Å². The number of aliphatic hydroxyl groups is 3. The summed E-state index contributed by atoms with van der Waals surface area (Å²) in [5.41, 5.74) is 0. The lowest BCUT2D eigenvalue weighted by Gasteiger charge is -2.36. The fourth-order valence-electron chi connectivity index (χ4n) is 3.64. The lowest BCUT2D eigenvalue weighted by molar-refractivity contribution is -0.196. The van der Waals surface area contributed by atoms with E-state index in [1.807, 2.05) is 6.08 Å². The Bertz CT molecular complexity index is 374. The van der Waals surface area contributed by atoms with Crippen molar-refractivity contribution in [2.45, 2.75) is 121 Å². The predicted octanol–water partition coefficient (Wildman–Crippen LogP) is 4.48. The van der Waals surface area contributed by atoms with Gasteiger partial charge in [-0.05, 0) is 18.9 Å². The molecule has 1 aliphatic heterocycles. The molecule has 5 nitrogen and oxygen atoms in total. The topological polar surface area (TPSA) is 79.2 Å². The first-order valence-corrected chi connectivity index (χ1v) is 11.6. The molecule has 5 heteroatoms. The molecule has 0 aromatic carbocycles. The lowest BCUT2D eigenvalue weighted by atomic mass is 10.0. The maximum atomic E-state index is 9.96. The maximum Gasteiger partial charge on any atom is 0.149 e. The van der Waals surface area contributed by atoms with E-state index in [1.165, 1.54) is 77.0 Å². The van der Waals surface area contributed by atoms with E-state index >= 15 is 0 Å². The molecule has 1 fully saturated rings. The summed E-state index contributed by atoms with van der Waals surface area (Å²) in [7, 11) is 0. The summed E-state index contributed by atoms with van der Waals surface area (Å²) in [4.78, 5) is 0. The van der Waals surface area contributed by atoms with Gasteiger partial charge in [-0.2, -0.15) is 0 Å². The molecular weight excluding hydrogens is 356 g/mol. The predicted molar refractivity (Wildman–Crippen MR) is 113 cm³/mol. The first-order chi connectivity index (χ1) is 13.7. The van der Waals surface area contributed by atoms with Crippen LogP contribution < -0.4 is 0 Å². The molecular formula is C23H44O5. The molecule has 1 aliphatic rings. The average molecular weight is 401 g/mol. The highest BCUT2D eigenvalue weighted by molar-refractivity contribution is 4.89. The molecule has 166 valence electrons. The number of ether oxygens (including phenoxy) is 2. The Balaban J connectivity index is 1.87. The van der Waals surface area contributed by atoms with E-state index in [2.05, 4.69) is 6.92 Å². The average Bonchev–Trinajstić information content (AvgIpc) is 2.70. The van der Waals surface area contributed by atoms with E-state index in [0.717, 1.165) is 12.8 Å². The van der Waals surface area contributed by atoms with Crippen molar-refractivity contribution in [3.8, 4) is 0 Å². The summed E-state index contributed by atoms with van der Waals surface area (Å²) >= 11 is 0. The second kappa shape index (κ2) is 17.3. The molecule has 1 saturated heterocycles. The monoisotopic (exact) mass is 400 g/mol. The van der Waals surface area contributed by atoms with Crippen molar-refractivity contribution in [3.63, 3.8) is 0 Å². The molecule has 1 rings (SSSR count). The van der Waals surface area contributed by atoms with Crippen LogP contribution in [0.15, 0.2) is 12.3 Å². The molecule has 0 aromatic heterocycles. The smallest absolute Gasteiger partial charge is 0.149 e. The van der Waals surface area contributed by atoms with Crippen LogP contribution in [0.4, 0.5) is 0 Å². The van der Waals surface area contributed by atoms with Crippen LogP contribution in [0.3, 0.4) is 0 Å². The second-order valence-corrected chi connectivity index (χ2v) is 8.11. The number of allylic oxidation sites excluding steroid dienone is 1. The van der Waals surface area contributed by atoms with Crippen LogP contribution in [0.5, 0.6) is 0 Å². The molecule has 3 N–H and O–H groups in total. The molecule has 0 radical (unpaired) electrons. The van der Waals surface area contributed by atoms with E-state index < -0.39 is 24.4 Å². The van der Waals surface area contributed by atoms with Gasteiger partial charge in [0.15, 0.2) is 0 Å². The zero-order valence-electron chi connectivity index (χ0n) is 17.9. The SMILES string of the molecule is CCCCCCCCCCCCCCC/C=C/O[C@H]1CO[C@H](CO)[C@@H](O)[C@@H]1O. The molecule has 0 saturated carbocycles. The molecule has 0 spiro atoms. The summed E-state index contributed by atoms with van der Waals surface area (Å²) < 4.78 is 10.8. The van der Waals surface area contributed by atoms with E-state index in [1.54, 1.807) is 6.26 Å². The van der Waals surface area contributed by atoms with Crippen LogP contribution in [-0.2, 0) is 9.47 Å². The van der Waals surface area contributed by atoms with Crippen LogP contribution in [-0.4, -0.2) is 52.9 Å². The Hall–Kier alpha value is -0.620. The third-order valence-electron chi connectivity index (χ3n) is 5.59. The molecule has 0 aliphatic carbocycles. The van der Waals surface area contributed by atoms with Crippen molar-refractivity contribution in [1.82, 2.24) is 0 Å². The van der Waals surface area contributed by atoms with E-state index in [4.69, 9.17) is 14.6 Å². The highest BCUT2D eigenvalue weighted by Crippen LogP contribution is 2.18. The van der Waals surface area contributed by atoms with Crippen LogP contribution in [0, 0.1) is 0 Å². The summed E-state index contributed by atoms with van der Waals surface area (Å²) in [5, 5.41) is 28.8. The first-order valence-electron chi connectivity index (χ1n) is 11.6. The first kappa shape index (κ1) is 25.4.